The zero-order valence-electron chi connectivity index (χ0n) is 7.46. The number of thioether (sulfide) groups is 1. The Morgan fingerprint density at radius 2 is 2.27 bits per heavy atom. The van der Waals surface area contributed by atoms with Crippen LogP contribution in [-0.2, 0) is 0 Å². The van der Waals surface area contributed by atoms with E-state index in [4.69, 9.17) is 0 Å². The maximum absolute atomic E-state index is 4.60. The van der Waals surface area contributed by atoms with E-state index in [9.17, 15) is 0 Å². The number of nitrogens with zero attached hydrogens (tertiary/aromatic N) is 1. The lowest BCUT2D eigenvalue weighted by Crippen LogP contribution is -2.25. The van der Waals surface area contributed by atoms with Gasteiger partial charge in [-0.1, -0.05) is 6.92 Å². The molecule has 3 heteroatoms. The van der Waals surface area contributed by atoms with Crippen LogP contribution in [0, 0.1) is 0 Å². The van der Waals surface area contributed by atoms with Crippen molar-refractivity contribution < 1.29 is 0 Å². The fraction of sp³-hybridized carbons (Fsp3) is 0.875. The van der Waals surface area contributed by atoms with Crippen molar-refractivity contribution in [1.29, 1.82) is 0 Å². The van der Waals surface area contributed by atoms with Gasteiger partial charge in [0.05, 0.1) is 0 Å². The minimum atomic E-state index is 0.00656. The van der Waals surface area contributed by atoms with Gasteiger partial charge < -0.3 is 0 Å². The second-order valence-corrected chi connectivity index (χ2v) is 5.79. The Morgan fingerprint density at radius 3 is 2.45 bits per heavy atom. The van der Waals surface area contributed by atoms with E-state index in [1.54, 1.807) is 0 Å². The van der Waals surface area contributed by atoms with Crippen molar-refractivity contribution in [1.82, 2.24) is 0 Å². The van der Waals surface area contributed by atoms with E-state index in [1.165, 1.54) is 5.71 Å². The Labute approximate surface area is 78.5 Å². The Bertz CT molecular complexity index is 189. The minimum Gasteiger partial charge on any atom is -0.275 e. The maximum Gasteiger partial charge on any atom is 0.115 e. The fourth-order valence-corrected chi connectivity index (χ4v) is 2.68. The van der Waals surface area contributed by atoms with Crippen LogP contribution >= 0.6 is 24.4 Å². The molecule has 0 saturated carbocycles. The molecule has 3 atom stereocenters. The molecule has 0 radical (unpaired) electrons. The SMILES string of the molecule is CC1=N[C@](C)([C@H](C)S)S[C@H]1C. The summed E-state index contributed by atoms with van der Waals surface area (Å²) in [6.45, 7) is 8.55. The average molecular weight is 189 g/mol. The summed E-state index contributed by atoms with van der Waals surface area (Å²) >= 11 is 6.34. The van der Waals surface area contributed by atoms with E-state index >= 15 is 0 Å². The molecule has 0 saturated heterocycles. The van der Waals surface area contributed by atoms with Gasteiger partial charge >= 0.3 is 0 Å². The van der Waals surface area contributed by atoms with Crippen LogP contribution in [0.15, 0.2) is 4.99 Å². The second-order valence-electron chi connectivity index (χ2n) is 3.24. The van der Waals surface area contributed by atoms with Gasteiger partial charge in [-0.2, -0.15) is 12.6 Å². The first-order chi connectivity index (χ1) is 4.96. The standard InChI is InChI=1S/C8H15NS2/c1-5-6(2)11-8(4,9-5)7(3)10/h6-7,10H,1-4H3/t6-,7-,8-/m0/s1. The molecule has 0 aliphatic carbocycles. The van der Waals surface area contributed by atoms with Gasteiger partial charge in [0.1, 0.15) is 4.87 Å². The normalized spacial score (nSPS) is 40.5. The Balaban J connectivity index is 2.79. The topological polar surface area (TPSA) is 12.4 Å². The molecule has 1 nitrogen and oxygen atoms in total. The van der Waals surface area contributed by atoms with Crippen molar-refractivity contribution >= 4 is 30.1 Å². The van der Waals surface area contributed by atoms with E-state index < -0.39 is 0 Å². The molecule has 1 rings (SSSR count). The van der Waals surface area contributed by atoms with E-state index in [1.807, 2.05) is 11.8 Å². The van der Waals surface area contributed by atoms with Crippen molar-refractivity contribution in [3.63, 3.8) is 0 Å². The summed E-state index contributed by atoms with van der Waals surface area (Å²) in [5.41, 5.74) is 1.25. The molecule has 1 aliphatic rings. The first kappa shape index (κ1) is 9.46. The number of thiol groups is 1. The van der Waals surface area contributed by atoms with Crippen molar-refractivity contribution in [3.8, 4) is 0 Å². The lowest BCUT2D eigenvalue weighted by atomic mass is 10.2. The molecule has 0 aromatic heterocycles. The lowest BCUT2D eigenvalue weighted by Gasteiger charge is -2.24. The van der Waals surface area contributed by atoms with Crippen LogP contribution < -0.4 is 0 Å². The third kappa shape index (κ3) is 1.75. The molecule has 0 aromatic carbocycles. The summed E-state index contributed by atoms with van der Waals surface area (Å²) in [5.74, 6) is 0. The van der Waals surface area contributed by atoms with Crippen LogP contribution in [0.5, 0.6) is 0 Å². The van der Waals surface area contributed by atoms with Crippen molar-refractivity contribution in [2.45, 2.75) is 43.1 Å². The zero-order chi connectivity index (χ0) is 8.65. The van der Waals surface area contributed by atoms with Gasteiger partial charge in [0.2, 0.25) is 0 Å². The molecule has 0 N–H and O–H groups in total. The monoisotopic (exact) mass is 189 g/mol. The van der Waals surface area contributed by atoms with Gasteiger partial charge in [-0.25, -0.2) is 0 Å². The summed E-state index contributed by atoms with van der Waals surface area (Å²) < 4.78 is 0. The number of rotatable bonds is 1. The number of aliphatic imine (C=N–C) groups is 1. The highest BCUT2D eigenvalue weighted by Crippen LogP contribution is 2.41. The molecule has 0 bridgehead atoms. The smallest absolute Gasteiger partial charge is 0.115 e. The van der Waals surface area contributed by atoms with Crippen LogP contribution in [0.4, 0.5) is 0 Å². The van der Waals surface area contributed by atoms with Gasteiger partial charge in [0.15, 0.2) is 0 Å². The molecule has 0 spiro atoms. The predicted molar refractivity (Wildman–Crippen MR) is 57.0 cm³/mol. The molecule has 0 fully saturated rings. The molecule has 11 heavy (non-hydrogen) atoms. The fourth-order valence-electron chi connectivity index (χ4n) is 1.10. The van der Waals surface area contributed by atoms with E-state index in [0.29, 0.717) is 10.5 Å². The minimum absolute atomic E-state index is 0.00656. The molecule has 1 heterocycles. The van der Waals surface area contributed by atoms with Crippen LogP contribution in [-0.4, -0.2) is 21.1 Å². The highest BCUT2D eigenvalue weighted by Gasteiger charge is 2.36. The van der Waals surface area contributed by atoms with Gasteiger partial charge in [-0.3, -0.25) is 4.99 Å². The summed E-state index contributed by atoms with van der Waals surface area (Å²) in [7, 11) is 0. The maximum atomic E-state index is 4.60. The van der Waals surface area contributed by atoms with Crippen molar-refractivity contribution in [2.24, 2.45) is 4.99 Å². The molecular formula is C8H15NS2. The summed E-state index contributed by atoms with van der Waals surface area (Å²) in [5, 5.41) is 0.891. The van der Waals surface area contributed by atoms with Gasteiger partial charge in [0, 0.05) is 16.2 Å². The zero-order valence-corrected chi connectivity index (χ0v) is 9.17. The molecular weight excluding hydrogens is 174 g/mol. The average Bonchev–Trinajstić information content (AvgIpc) is 2.09. The third-order valence-electron chi connectivity index (χ3n) is 2.18. The van der Waals surface area contributed by atoms with Gasteiger partial charge in [0.25, 0.3) is 0 Å². The van der Waals surface area contributed by atoms with Gasteiger partial charge in [-0.05, 0) is 20.8 Å². The summed E-state index contributed by atoms with van der Waals surface area (Å²) in [4.78, 5) is 4.61. The quantitative estimate of drug-likeness (QED) is 0.625. The molecule has 64 valence electrons. The van der Waals surface area contributed by atoms with E-state index in [2.05, 4.69) is 45.3 Å². The molecule has 0 amide bonds. The predicted octanol–water partition coefficient (Wildman–Crippen LogP) is 2.62. The van der Waals surface area contributed by atoms with E-state index in [-0.39, 0.29) is 4.87 Å². The van der Waals surface area contributed by atoms with Crippen LogP contribution in [0.2, 0.25) is 0 Å². The lowest BCUT2D eigenvalue weighted by molar-refractivity contribution is 0.682. The Kier molecular flexibility index (Phi) is 2.59. The second kappa shape index (κ2) is 3.02. The molecule has 1 aliphatic heterocycles. The highest BCUT2D eigenvalue weighted by atomic mass is 32.2. The summed E-state index contributed by atoms with van der Waals surface area (Å²) in [6, 6.07) is 0. The Morgan fingerprint density at radius 1 is 1.73 bits per heavy atom. The number of hydrogen-bond donors (Lipinski definition) is 1. The van der Waals surface area contributed by atoms with E-state index in [0.717, 1.165) is 0 Å². The largest absolute Gasteiger partial charge is 0.275 e. The molecule has 0 unspecified atom stereocenters. The van der Waals surface area contributed by atoms with Crippen molar-refractivity contribution in [3.05, 3.63) is 0 Å². The van der Waals surface area contributed by atoms with Crippen molar-refractivity contribution in [2.75, 3.05) is 0 Å². The number of hydrogen-bond acceptors (Lipinski definition) is 3. The van der Waals surface area contributed by atoms with Crippen LogP contribution in [0.3, 0.4) is 0 Å². The Hall–Kier alpha value is 0.370. The highest BCUT2D eigenvalue weighted by molar-refractivity contribution is 8.03. The summed E-state index contributed by atoms with van der Waals surface area (Å²) in [6.07, 6.45) is 0. The van der Waals surface area contributed by atoms with Crippen LogP contribution in [0.1, 0.15) is 27.7 Å². The first-order valence-electron chi connectivity index (χ1n) is 3.88. The first-order valence-corrected chi connectivity index (χ1v) is 5.27. The van der Waals surface area contributed by atoms with Crippen LogP contribution in [0.25, 0.3) is 0 Å². The molecule has 0 aromatic rings. The van der Waals surface area contributed by atoms with Gasteiger partial charge in [-0.15, -0.1) is 11.8 Å². The third-order valence-corrected chi connectivity index (χ3v) is 4.47.